The average molecular weight is 535 g/mol. The lowest BCUT2D eigenvalue weighted by Crippen LogP contribution is -2.30. The van der Waals surface area contributed by atoms with Crippen LogP contribution >= 0.6 is 24.0 Å². The minimum absolute atomic E-state index is 0.139. The monoisotopic (exact) mass is 534 g/mol. The number of ether oxygens (including phenoxy) is 3. The van der Waals surface area contributed by atoms with Gasteiger partial charge in [0.15, 0.2) is 18.1 Å². The molecule has 190 valence electrons. The highest BCUT2D eigenvalue weighted by Gasteiger charge is 2.35. The summed E-state index contributed by atoms with van der Waals surface area (Å²) in [6.07, 6.45) is 1.78. The summed E-state index contributed by atoms with van der Waals surface area (Å²) in [7, 11) is 3.08. The van der Waals surface area contributed by atoms with E-state index in [1.54, 1.807) is 60.6 Å². The Hall–Kier alpha value is -3.82. The molecule has 1 aliphatic rings. The van der Waals surface area contributed by atoms with E-state index < -0.39 is 0 Å². The van der Waals surface area contributed by atoms with E-state index in [0.29, 0.717) is 32.2 Å². The van der Waals surface area contributed by atoms with Crippen molar-refractivity contribution in [2.75, 3.05) is 26.1 Å². The first kappa shape index (κ1) is 26.2. The first-order valence-electron chi connectivity index (χ1n) is 11.5. The second-order valence-corrected chi connectivity index (χ2v) is 9.79. The molecule has 1 aliphatic heterocycles. The Bertz CT molecular complexity index is 1340. The summed E-state index contributed by atoms with van der Waals surface area (Å²) < 4.78 is 16.8. The summed E-state index contributed by atoms with van der Waals surface area (Å²) >= 11 is 6.78. The zero-order valence-corrected chi connectivity index (χ0v) is 22.2. The Morgan fingerprint density at radius 2 is 1.81 bits per heavy atom. The second kappa shape index (κ2) is 11.9. The Balaban J connectivity index is 1.43. The van der Waals surface area contributed by atoms with Crippen molar-refractivity contribution in [3.05, 3.63) is 88.8 Å². The third kappa shape index (κ3) is 6.31. The molecule has 1 fully saturated rings. The summed E-state index contributed by atoms with van der Waals surface area (Å²) in [5, 5.41) is 2.77. The van der Waals surface area contributed by atoms with E-state index in [1.165, 1.54) is 18.9 Å². The quantitative estimate of drug-likeness (QED) is 0.279. The molecule has 4 rings (SSSR count). The average Bonchev–Trinajstić information content (AvgIpc) is 3.20. The number of hydrogen-bond acceptors (Lipinski definition) is 7. The van der Waals surface area contributed by atoms with Crippen LogP contribution in [0.15, 0.2) is 77.7 Å². The van der Waals surface area contributed by atoms with Crippen molar-refractivity contribution >= 4 is 51.9 Å². The van der Waals surface area contributed by atoms with E-state index in [1.807, 2.05) is 37.3 Å². The van der Waals surface area contributed by atoms with E-state index in [0.717, 1.165) is 11.1 Å². The first-order chi connectivity index (χ1) is 17.9. The highest BCUT2D eigenvalue weighted by Crippen LogP contribution is 2.39. The number of thioether (sulfide) groups is 1. The first-order valence-corrected chi connectivity index (χ1v) is 12.7. The number of hydrogen-bond donors (Lipinski definition) is 1. The summed E-state index contributed by atoms with van der Waals surface area (Å²) in [5.41, 5.74) is 2.37. The Kier molecular flexibility index (Phi) is 8.47. The Morgan fingerprint density at radius 3 is 2.54 bits per heavy atom. The summed E-state index contributed by atoms with van der Waals surface area (Å²) in [6.45, 7) is 1.76. The zero-order valence-electron chi connectivity index (χ0n) is 20.6. The molecule has 0 aliphatic carbocycles. The maximum Gasteiger partial charge on any atom is 0.266 e. The molecular formula is C28H26N2O5S2. The fourth-order valence-corrected chi connectivity index (χ4v) is 5.20. The van der Waals surface area contributed by atoms with Gasteiger partial charge in [0.1, 0.15) is 10.1 Å². The van der Waals surface area contributed by atoms with Crippen LogP contribution in [-0.2, 0) is 9.59 Å². The van der Waals surface area contributed by atoms with Gasteiger partial charge in [0.2, 0.25) is 0 Å². The third-order valence-electron chi connectivity index (χ3n) is 5.69. The Labute approximate surface area is 225 Å². The largest absolute Gasteiger partial charge is 0.497 e. The van der Waals surface area contributed by atoms with Gasteiger partial charge in [-0.2, -0.15) is 0 Å². The van der Waals surface area contributed by atoms with Gasteiger partial charge < -0.3 is 19.5 Å². The van der Waals surface area contributed by atoms with Gasteiger partial charge in [-0.3, -0.25) is 14.5 Å². The molecule has 0 bridgehead atoms. The van der Waals surface area contributed by atoms with E-state index >= 15 is 0 Å². The van der Waals surface area contributed by atoms with Crippen LogP contribution in [-0.4, -0.2) is 41.9 Å². The molecule has 0 unspecified atom stereocenters. The number of nitrogens with zero attached hydrogens (tertiary/aromatic N) is 1. The van der Waals surface area contributed by atoms with Crippen LogP contribution in [0.3, 0.4) is 0 Å². The van der Waals surface area contributed by atoms with Crippen molar-refractivity contribution in [3.63, 3.8) is 0 Å². The van der Waals surface area contributed by atoms with Crippen molar-refractivity contribution < 1.29 is 23.8 Å². The molecule has 3 aromatic rings. The molecule has 1 N–H and O–H groups in total. The van der Waals surface area contributed by atoms with Gasteiger partial charge in [-0.05, 0) is 48.4 Å². The summed E-state index contributed by atoms with van der Waals surface area (Å²) in [4.78, 5) is 27.7. The SMILES string of the molecule is COc1cccc(NC(=O)COc2ccc(/C=C3\SC(=S)N([C@H](C)c4ccccc4)C3=O)cc2OC)c1. The number of thiocarbonyl (C=S) groups is 1. The van der Waals surface area contributed by atoms with Crippen molar-refractivity contribution in [3.8, 4) is 17.2 Å². The molecule has 3 aromatic carbocycles. The number of benzene rings is 3. The standard InChI is InChI=1S/C28H26N2O5S2/c1-18(20-8-5-4-6-9-20)30-27(32)25(37-28(30)36)15-19-12-13-23(24(14-19)34-3)35-17-26(31)29-21-10-7-11-22(16-21)33-2/h4-16,18H,17H2,1-3H3,(H,29,31)/b25-15-/t18-/m1/s1. The maximum atomic E-state index is 13.2. The van der Waals surface area contributed by atoms with Gasteiger partial charge in [-0.15, -0.1) is 0 Å². The number of methoxy groups -OCH3 is 2. The van der Waals surface area contributed by atoms with Crippen LogP contribution in [0.1, 0.15) is 24.1 Å². The molecule has 9 heteroatoms. The lowest BCUT2D eigenvalue weighted by molar-refractivity contribution is -0.123. The van der Waals surface area contributed by atoms with Gasteiger partial charge in [0.25, 0.3) is 11.8 Å². The molecule has 37 heavy (non-hydrogen) atoms. The van der Waals surface area contributed by atoms with Crippen LogP contribution in [0.4, 0.5) is 5.69 Å². The number of anilines is 1. The smallest absolute Gasteiger partial charge is 0.266 e. The van der Waals surface area contributed by atoms with E-state index in [-0.39, 0.29) is 24.5 Å². The molecule has 2 amide bonds. The lowest BCUT2D eigenvalue weighted by Gasteiger charge is -2.23. The molecule has 7 nitrogen and oxygen atoms in total. The number of carbonyl (C=O) groups excluding carboxylic acids is 2. The predicted molar refractivity (Wildman–Crippen MR) is 150 cm³/mol. The fraction of sp³-hybridized carbons (Fsp3) is 0.179. The normalized spacial score (nSPS) is 15.0. The highest BCUT2D eigenvalue weighted by molar-refractivity contribution is 8.26. The number of nitrogens with one attached hydrogen (secondary N) is 1. The van der Waals surface area contributed by atoms with Crippen LogP contribution in [0, 0.1) is 0 Å². The zero-order chi connectivity index (χ0) is 26.4. The summed E-state index contributed by atoms with van der Waals surface area (Å²) in [5.74, 6) is 1.03. The second-order valence-electron chi connectivity index (χ2n) is 8.12. The van der Waals surface area contributed by atoms with Crippen molar-refractivity contribution in [2.24, 2.45) is 0 Å². The molecule has 0 radical (unpaired) electrons. The van der Waals surface area contributed by atoms with Gasteiger partial charge in [-0.1, -0.05) is 66.4 Å². The minimum Gasteiger partial charge on any atom is -0.497 e. The van der Waals surface area contributed by atoms with E-state index in [2.05, 4.69) is 5.32 Å². The van der Waals surface area contributed by atoms with Gasteiger partial charge in [-0.25, -0.2) is 0 Å². The number of amides is 2. The highest BCUT2D eigenvalue weighted by atomic mass is 32.2. The molecule has 0 aromatic heterocycles. The molecule has 1 atom stereocenters. The summed E-state index contributed by atoms with van der Waals surface area (Å²) in [6, 6.07) is 21.9. The van der Waals surface area contributed by atoms with Gasteiger partial charge in [0.05, 0.1) is 25.2 Å². The van der Waals surface area contributed by atoms with Crippen molar-refractivity contribution in [2.45, 2.75) is 13.0 Å². The number of carbonyl (C=O) groups is 2. The van der Waals surface area contributed by atoms with Crippen LogP contribution in [0.2, 0.25) is 0 Å². The number of rotatable bonds is 9. The predicted octanol–water partition coefficient (Wildman–Crippen LogP) is 5.68. The maximum absolute atomic E-state index is 13.2. The minimum atomic E-state index is -0.324. The van der Waals surface area contributed by atoms with Crippen LogP contribution in [0.5, 0.6) is 17.2 Å². The molecule has 0 spiro atoms. The molecule has 0 saturated carbocycles. The van der Waals surface area contributed by atoms with Crippen LogP contribution in [0.25, 0.3) is 6.08 Å². The molecule has 1 heterocycles. The molecule has 1 saturated heterocycles. The molecular weight excluding hydrogens is 508 g/mol. The fourth-order valence-electron chi connectivity index (χ4n) is 3.78. The third-order valence-corrected chi connectivity index (χ3v) is 7.02. The van der Waals surface area contributed by atoms with Crippen LogP contribution < -0.4 is 19.5 Å². The van der Waals surface area contributed by atoms with E-state index in [4.69, 9.17) is 26.4 Å². The Morgan fingerprint density at radius 1 is 1.03 bits per heavy atom. The van der Waals surface area contributed by atoms with Gasteiger partial charge in [0, 0.05) is 11.8 Å². The van der Waals surface area contributed by atoms with E-state index in [9.17, 15) is 9.59 Å². The van der Waals surface area contributed by atoms with Crippen molar-refractivity contribution in [1.29, 1.82) is 0 Å². The van der Waals surface area contributed by atoms with Crippen molar-refractivity contribution in [1.82, 2.24) is 4.90 Å². The topological polar surface area (TPSA) is 77.1 Å². The van der Waals surface area contributed by atoms with Gasteiger partial charge >= 0.3 is 0 Å². The lowest BCUT2D eigenvalue weighted by atomic mass is 10.1.